The number of allylic oxidation sites excluding steroid dienone is 1. The minimum atomic E-state index is 0.201. The second kappa shape index (κ2) is 8.03. The van der Waals surface area contributed by atoms with E-state index in [4.69, 9.17) is 32.7 Å². The molecule has 1 aliphatic rings. The van der Waals surface area contributed by atoms with Gasteiger partial charge < -0.3 is 14.0 Å². The third-order valence-corrected chi connectivity index (χ3v) is 6.00. The lowest BCUT2D eigenvalue weighted by Gasteiger charge is -2.06. The zero-order valence-electron chi connectivity index (χ0n) is 16.3. The maximum absolute atomic E-state index is 9.84. The Hall–Kier alpha value is -3.39. The predicted octanol–water partition coefficient (Wildman–Crippen LogP) is 6.79. The van der Waals surface area contributed by atoms with Gasteiger partial charge in [0.25, 0.3) is 0 Å². The van der Waals surface area contributed by atoms with Gasteiger partial charge in [-0.2, -0.15) is 5.26 Å². The lowest BCUT2D eigenvalue weighted by molar-refractivity contribution is 0.174. The molecule has 2 heterocycles. The van der Waals surface area contributed by atoms with E-state index in [0.717, 1.165) is 27.6 Å². The largest absolute Gasteiger partial charge is 0.454 e. The first kappa shape index (κ1) is 19.6. The molecule has 0 saturated carbocycles. The highest BCUT2D eigenvalue weighted by Gasteiger charge is 2.15. The molecule has 4 aromatic rings. The van der Waals surface area contributed by atoms with E-state index in [1.807, 2.05) is 48.5 Å². The fourth-order valence-electron chi connectivity index (χ4n) is 3.76. The number of nitrogens with zero attached hydrogens (tertiary/aromatic N) is 2. The average Bonchev–Trinajstić information content (AvgIpc) is 3.39. The number of rotatable bonds is 4. The van der Waals surface area contributed by atoms with Crippen molar-refractivity contribution >= 4 is 45.8 Å². The van der Waals surface area contributed by atoms with Crippen molar-refractivity contribution in [2.24, 2.45) is 0 Å². The van der Waals surface area contributed by atoms with Crippen LogP contribution in [0.5, 0.6) is 11.5 Å². The lowest BCUT2D eigenvalue weighted by Crippen LogP contribution is -1.97. The standard InChI is InChI=1S/C25H16Cl2N2O2/c26-21-7-5-16(9-22(21)27)13-29-14-19(20-3-1-2-4-23(20)29)10-18(12-28)17-6-8-24-25(11-17)31-15-30-24/h1-11,14H,13,15H2/b18-10-. The van der Waals surface area contributed by atoms with Gasteiger partial charge >= 0.3 is 0 Å². The molecule has 0 amide bonds. The monoisotopic (exact) mass is 446 g/mol. The number of benzene rings is 3. The molecule has 152 valence electrons. The summed E-state index contributed by atoms with van der Waals surface area (Å²) in [7, 11) is 0. The Morgan fingerprint density at radius 2 is 1.84 bits per heavy atom. The Morgan fingerprint density at radius 3 is 2.68 bits per heavy atom. The van der Waals surface area contributed by atoms with Crippen molar-refractivity contribution in [1.29, 1.82) is 5.26 Å². The summed E-state index contributed by atoms with van der Waals surface area (Å²) in [5.41, 5.74) is 4.42. The highest BCUT2D eigenvalue weighted by molar-refractivity contribution is 6.42. The minimum absolute atomic E-state index is 0.201. The van der Waals surface area contributed by atoms with Crippen LogP contribution < -0.4 is 9.47 Å². The third-order valence-electron chi connectivity index (χ3n) is 5.26. The van der Waals surface area contributed by atoms with Crippen LogP contribution in [0.25, 0.3) is 22.6 Å². The minimum Gasteiger partial charge on any atom is -0.454 e. The molecular weight excluding hydrogens is 431 g/mol. The van der Waals surface area contributed by atoms with E-state index >= 15 is 0 Å². The van der Waals surface area contributed by atoms with Gasteiger partial charge in [0.15, 0.2) is 11.5 Å². The van der Waals surface area contributed by atoms with E-state index in [9.17, 15) is 5.26 Å². The topological polar surface area (TPSA) is 47.2 Å². The summed E-state index contributed by atoms with van der Waals surface area (Å²) in [4.78, 5) is 0. The molecule has 0 bridgehead atoms. The van der Waals surface area contributed by atoms with Gasteiger partial charge in [0.2, 0.25) is 6.79 Å². The Bertz CT molecular complexity index is 1380. The van der Waals surface area contributed by atoms with E-state index in [-0.39, 0.29) is 6.79 Å². The van der Waals surface area contributed by atoms with E-state index in [1.54, 1.807) is 6.07 Å². The van der Waals surface area contributed by atoms with Gasteiger partial charge in [0.1, 0.15) is 0 Å². The third kappa shape index (κ3) is 3.74. The maximum Gasteiger partial charge on any atom is 0.231 e. The first-order chi connectivity index (χ1) is 15.1. The number of hydrogen-bond acceptors (Lipinski definition) is 3. The number of ether oxygens (including phenoxy) is 2. The molecule has 0 aliphatic carbocycles. The molecule has 4 nitrogen and oxygen atoms in total. The van der Waals surface area contributed by atoms with Crippen molar-refractivity contribution in [3.63, 3.8) is 0 Å². The summed E-state index contributed by atoms with van der Waals surface area (Å²) in [6.45, 7) is 0.837. The van der Waals surface area contributed by atoms with Crippen molar-refractivity contribution in [3.8, 4) is 17.6 Å². The van der Waals surface area contributed by atoms with E-state index in [2.05, 4.69) is 29.0 Å². The molecule has 5 rings (SSSR count). The van der Waals surface area contributed by atoms with Gasteiger partial charge in [0.05, 0.1) is 21.7 Å². The maximum atomic E-state index is 9.84. The molecule has 1 aliphatic heterocycles. The number of nitriles is 1. The zero-order chi connectivity index (χ0) is 21.4. The van der Waals surface area contributed by atoms with Crippen LogP contribution in [0.3, 0.4) is 0 Å². The van der Waals surface area contributed by atoms with Crippen LogP contribution in [0.2, 0.25) is 10.0 Å². The van der Waals surface area contributed by atoms with Crippen LogP contribution in [0.1, 0.15) is 16.7 Å². The molecule has 0 atom stereocenters. The zero-order valence-corrected chi connectivity index (χ0v) is 17.8. The van der Waals surface area contributed by atoms with Crippen molar-refractivity contribution in [1.82, 2.24) is 4.57 Å². The molecule has 0 spiro atoms. The Kier molecular flexibility index (Phi) is 5.07. The molecule has 0 unspecified atom stereocenters. The van der Waals surface area contributed by atoms with Crippen LogP contribution >= 0.6 is 23.2 Å². The number of para-hydroxylation sites is 1. The van der Waals surface area contributed by atoms with Crippen molar-refractivity contribution in [2.75, 3.05) is 6.79 Å². The predicted molar refractivity (Wildman–Crippen MR) is 124 cm³/mol. The Labute approximate surface area is 189 Å². The second-order valence-electron chi connectivity index (χ2n) is 7.22. The van der Waals surface area contributed by atoms with Gasteiger partial charge in [-0.25, -0.2) is 0 Å². The van der Waals surface area contributed by atoms with E-state index < -0.39 is 0 Å². The molecule has 31 heavy (non-hydrogen) atoms. The van der Waals surface area contributed by atoms with Crippen molar-refractivity contribution in [2.45, 2.75) is 6.54 Å². The van der Waals surface area contributed by atoms with Gasteiger partial charge in [-0.1, -0.05) is 47.5 Å². The fourth-order valence-corrected chi connectivity index (χ4v) is 4.08. The van der Waals surface area contributed by atoms with Crippen LogP contribution in [-0.2, 0) is 6.54 Å². The van der Waals surface area contributed by atoms with Crippen LogP contribution in [0, 0.1) is 11.3 Å². The molecule has 3 aromatic carbocycles. The molecule has 0 radical (unpaired) electrons. The van der Waals surface area contributed by atoms with Gasteiger partial charge in [-0.3, -0.25) is 0 Å². The van der Waals surface area contributed by atoms with E-state index in [0.29, 0.717) is 33.7 Å². The number of halogens is 2. The van der Waals surface area contributed by atoms with E-state index in [1.165, 1.54) is 0 Å². The Morgan fingerprint density at radius 1 is 1.00 bits per heavy atom. The lowest BCUT2D eigenvalue weighted by atomic mass is 10.0. The quantitative estimate of drug-likeness (QED) is 0.324. The molecule has 0 saturated heterocycles. The summed E-state index contributed by atoms with van der Waals surface area (Å²) in [5, 5.41) is 12.0. The number of hydrogen-bond donors (Lipinski definition) is 0. The smallest absolute Gasteiger partial charge is 0.231 e. The summed E-state index contributed by atoms with van der Waals surface area (Å²) in [6.07, 6.45) is 3.96. The molecule has 6 heteroatoms. The first-order valence-corrected chi connectivity index (χ1v) is 10.4. The van der Waals surface area contributed by atoms with Gasteiger partial charge in [0, 0.05) is 29.2 Å². The van der Waals surface area contributed by atoms with Crippen molar-refractivity contribution < 1.29 is 9.47 Å². The van der Waals surface area contributed by atoms with Crippen molar-refractivity contribution in [3.05, 3.63) is 93.6 Å². The van der Waals surface area contributed by atoms with Crippen LogP contribution in [0.4, 0.5) is 0 Å². The summed E-state index contributed by atoms with van der Waals surface area (Å²) >= 11 is 12.2. The normalized spacial score (nSPS) is 12.9. The van der Waals surface area contributed by atoms with Gasteiger partial charge in [-0.05, 0) is 53.6 Å². The van der Waals surface area contributed by atoms with Crippen LogP contribution in [-0.4, -0.2) is 11.4 Å². The summed E-state index contributed by atoms with van der Waals surface area (Å²) < 4.78 is 13.0. The highest BCUT2D eigenvalue weighted by atomic mass is 35.5. The molecule has 0 fully saturated rings. The average molecular weight is 447 g/mol. The number of fused-ring (bicyclic) bond motifs is 2. The first-order valence-electron chi connectivity index (χ1n) is 9.66. The van der Waals surface area contributed by atoms with Crippen LogP contribution in [0.15, 0.2) is 66.9 Å². The Balaban J connectivity index is 1.56. The summed E-state index contributed by atoms with van der Waals surface area (Å²) in [6, 6.07) is 21.6. The highest BCUT2D eigenvalue weighted by Crippen LogP contribution is 2.35. The molecule has 1 aromatic heterocycles. The SMILES string of the molecule is N#C/C(=C/c1cn(Cc2ccc(Cl)c(Cl)c2)c2ccccc12)c1ccc2c(c1)OCO2. The molecule has 0 N–H and O–H groups in total. The number of aromatic nitrogens is 1. The molecular formula is C25H16Cl2N2O2. The fraction of sp³-hybridized carbons (Fsp3) is 0.0800. The summed E-state index contributed by atoms with van der Waals surface area (Å²) in [5.74, 6) is 1.35. The second-order valence-corrected chi connectivity index (χ2v) is 8.03. The van der Waals surface area contributed by atoms with Gasteiger partial charge in [-0.15, -0.1) is 0 Å².